The first-order chi connectivity index (χ1) is 12.0. The lowest BCUT2D eigenvalue weighted by Crippen LogP contribution is -2.54. The maximum Gasteiger partial charge on any atom is 0.225 e. The summed E-state index contributed by atoms with van der Waals surface area (Å²) in [5.41, 5.74) is 2.21. The molecule has 1 aromatic heterocycles. The molecule has 2 aliphatic rings. The smallest absolute Gasteiger partial charge is 0.225 e. The van der Waals surface area contributed by atoms with Crippen LogP contribution in [0.2, 0.25) is 0 Å². The lowest BCUT2D eigenvalue weighted by atomic mass is 9.73. The van der Waals surface area contributed by atoms with Crippen molar-refractivity contribution in [3.63, 3.8) is 0 Å². The molecule has 0 aromatic carbocycles. The van der Waals surface area contributed by atoms with E-state index in [2.05, 4.69) is 14.9 Å². The number of piperidine rings is 2. The summed E-state index contributed by atoms with van der Waals surface area (Å²) >= 11 is 0. The Morgan fingerprint density at radius 3 is 2.68 bits per heavy atom. The first-order valence-electron chi connectivity index (χ1n) is 9.35. The fraction of sp³-hybridized carbons (Fsp3) is 0.737. The third-order valence-corrected chi connectivity index (χ3v) is 5.44. The van der Waals surface area contributed by atoms with Crippen LogP contribution in [0.15, 0.2) is 6.07 Å². The maximum absolute atomic E-state index is 12.3. The van der Waals surface area contributed by atoms with Crippen molar-refractivity contribution in [2.24, 2.45) is 5.41 Å². The van der Waals surface area contributed by atoms with Gasteiger partial charge in [-0.2, -0.15) is 0 Å². The van der Waals surface area contributed by atoms with E-state index in [1.165, 1.54) is 6.42 Å². The molecular weight excluding hydrogens is 316 g/mol. The van der Waals surface area contributed by atoms with E-state index in [4.69, 9.17) is 4.74 Å². The lowest BCUT2D eigenvalue weighted by Gasteiger charge is -2.48. The number of rotatable bonds is 5. The number of amides is 1. The van der Waals surface area contributed by atoms with Gasteiger partial charge in [-0.05, 0) is 45.6 Å². The standard InChI is InChI=1S/C19H30N4O2/c1-15-12-16(2)21-18(20-15)23-9-4-7-19(14-23)8-6-17(24)22(13-19)10-5-11-25-3/h12H,4-11,13-14H2,1-3H3/t19-/m0/s1. The number of methoxy groups -OCH3 is 1. The Labute approximate surface area is 150 Å². The van der Waals surface area contributed by atoms with Gasteiger partial charge >= 0.3 is 0 Å². The molecule has 0 bridgehead atoms. The second kappa shape index (κ2) is 7.68. The number of hydrogen-bond donors (Lipinski definition) is 0. The van der Waals surface area contributed by atoms with Gasteiger partial charge in [0.2, 0.25) is 11.9 Å². The fourth-order valence-corrected chi connectivity index (χ4v) is 4.27. The zero-order valence-electron chi connectivity index (χ0n) is 15.8. The molecule has 1 atom stereocenters. The van der Waals surface area contributed by atoms with Crippen molar-refractivity contribution in [1.82, 2.24) is 14.9 Å². The van der Waals surface area contributed by atoms with Crippen molar-refractivity contribution in [1.29, 1.82) is 0 Å². The van der Waals surface area contributed by atoms with Crippen molar-refractivity contribution in [2.75, 3.05) is 44.8 Å². The molecule has 3 rings (SSSR count). The van der Waals surface area contributed by atoms with Crippen molar-refractivity contribution in [2.45, 2.75) is 46.0 Å². The molecule has 25 heavy (non-hydrogen) atoms. The average molecular weight is 346 g/mol. The van der Waals surface area contributed by atoms with Crippen LogP contribution in [0, 0.1) is 19.3 Å². The summed E-state index contributed by atoms with van der Waals surface area (Å²) in [6.45, 7) is 8.36. The Bertz CT molecular complexity index is 601. The van der Waals surface area contributed by atoms with Crippen LogP contribution in [-0.4, -0.2) is 60.7 Å². The summed E-state index contributed by atoms with van der Waals surface area (Å²) < 4.78 is 5.14. The molecule has 0 radical (unpaired) electrons. The normalized spacial score (nSPS) is 24.2. The first kappa shape index (κ1) is 18.1. The predicted molar refractivity (Wildman–Crippen MR) is 97.7 cm³/mol. The molecule has 2 fully saturated rings. The van der Waals surface area contributed by atoms with Crippen LogP contribution in [0.1, 0.15) is 43.5 Å². The molecule has 0 saturated carbocycles. The van der Waals surface area contributed by atoms with Crippen LogP contribution in [-0.2, 0) is 9.53 Å². The molecule has 2 saturated heterocycles. The van der Waals surface area contributed by atoms with E-state index in [1.807, 2.05) is 24.8 Å². The van der Waals surface area contributed by atoms with Crippen LogP contribution in [0.25, 0.3) is 0 Å². The molecule has 3 heterocycles. The van der Waals surface area contributed by atoms with Gasteiger partial charge in [-0.15, -0.1) is 0 Å². The number of aryl methyl sites for hydroxylation is 2. The minimum absolute atomic E-state index is 0.181. The SMILES string of the molecule is COCCCN1C[C@]2(CCCN(c3nc(C)cc(C)n3)C2)CCC1=O. The van der Waals surface area contributed by atoms with Crippen molar-refractivity contribution >= 4 is 11.9 Å². The van der Waals surface area contributed by atoms with Gasteiger partial charge in [0.15, 0.2) is 0 Å². The highest BCUT2D eigenvalue weighted by Crippen LogP contribution is 2.39. The van der Waals surface area contributed by atoms with Crippen LogP contribution >= 0.6 is 0 Å². The summed E-state index contributed by atoms with van der Waals surface area (Å²) in [7, 11) is 1.71. The monoisotopic (exact) mass is 346 g/mol. The Kier molecular flexibility index (Phi) is 5.57. The second-order valence-electron chi connectivity index (χ2n) is 7.64. The quantitative estimate of drug-likeness (QED) is 0.766. The largest absolute Gasteiger partial charge is 0.385 e. The van der Waals surface area contributed by atoms with Crippen LogP contribution < -0.4 is 4.90 Å². The minimum Gasteiger partial charge on any atom is -0.385 e. The number of carbonyl (C=O) groups is 1. The van der Waals surface area contributed by atoms with E-state index in [0.29, 0.717) is 18.9 Å². The van der Waals surface area contributed by atoms with Gasteiger partial charge in [0.1, 0.15) is 0 Å². The molecule has 6 heteroatoms. The van der Waals surface area contributed by atoms with E-state index in [-0.39, 0.29) is 5.41 Å². The molecular formula is C19H30N4O2. The summed E-state index contributed by atoms with van der Waals surface area (Å²) in [6.07, 6.45) is 4.86. The molecule has 1 aromatic rings. The minimum atomic E-state index is 0.181. The number of hydrogen-bond acceptors (Lipinski definition) is 5. The highest BCUT2D eigenvalue weighted by atomic mass is 16.5. The molecule has 0 aliphatic carbocycles. The van der Waals surface area contributed by atoms with Gasteiger partial charge in [0.05, 0.1) is 0 Å². The Morgan fingerprint density at radius 2 is 1.96 bits per heavy atom. The van der Waals surface area contributed by atoms with Crippen LogP contribution in [0.4, 0.5) is 5.95 Å². The second-order valence-corrected chi connectivity index (χ2v) is 7.64. The molecule has 1 amide bonds. The van der Waals surface area contributed by atoms with Gasteiger partial charge in [-0.25, -0.2) is 9.97 Å². The molecule has 138 valence electrons. The Balaban J connectivity index is 1.71. The first-order valence-corrected chi connectivity index (χ1v) is 9.35. The third kappa shape index (κ3) is 4.29. The summed E-state index contributed by atoms with van der Waals surface area (Å²) in [5, 5.41) is 0. The number of aromatic nitrogens is 2. The summed E-state index contributed by atoms with van der Waals surface area (Å²) in [6, 6.07) is 2.01. The van der Waals surface area contributed by atoms with E-state index >= 15 is 0 Å². The highest BCUT2D eigenvalue weighted by Gasteiger charge is 2.42. The predicted octanol–water partition coefficient (Wildman–Crippen LogP) is 2.34. The molecule has 0 unspecified atom stereocenters. The van der Waals surface area contributed by atoms with E-state index in [9.17, 15) is 4.79 Å². The van der Waals surface area contributed by atoms with Crippen molar-refractivity contribution in [3.8, 4) is 0 Å². The van der Waals surface area contributed by atoms with Gasteiger partial charge in [0.25, 0.3) is 0 Å². The van der Waals surface area contributed by atoms with Crippen molar-refractivity contribution in [3.05, 3.63) is 17.5 Å². The third-order valence-electron chi connectivity index (χ3n) is 5.44. The van der Waals surface area contributed by atoms with Crippen LogP contribution in [0.5, 0.6) is 0 Å². The van der Waals surface area contributed by atoms with Gasteiger partial charge in [-0.3, -0.25) is 4.79 Å². The summed E-state index contributed by atoms with van der Waals surface area (Å²) in [5.74, 6) is 1.14. The van der Waals surface area contributed by atoms with Crippen molar-refractivity contribution < 1.29 is 9.53 Å². The summed E-state index contributed by atoms with van der Waals surface area (Å²) in [4.78, 5) is 26.0. The average Bonchev–Trinajstić information content (AvgIpc) is 2.58. The van der Waals surface area contributed by atoms with E-state index in [1.54, 1.807) is 7.11 Å². The highest BCUT2D eigenvalue weighted by molar-refractivity contribution is 5.77. The zero-order valence-corrected chi connectivity index (χ0v) is 15.8. The lowest BCUT2D eigenvalue weighted by molar-refractivity contribution is -0.138. The number of likely N-dealkylation sites (tertiary alicyclic amines) is 1. The van der Waals surface area contributed by atoms with Gasteiger partial charge < -0.3 is 14.5 Å². The molecule has 0 N–H and O–H groups in total. The number of carbonyl (C=O) groups excluding carboxylic acids is 1. The maximum atomic E-state index is 12.3. The van der Waals surface area contributed by atoms with E-state index < -0.39 is 0 Å². The molecule has 6 nitrogen and oxygen atoms in total. The topological polar surface area (TPSA) is 58.6 Å². The molecule has 2 aliphatic heterocycles. The molecule has 1 spiro atoms. The zero-order chi connectivity index (χ0) is 17.9. The Morgan fingerprint density at radius 1 is 1.20 bits per heavy atom. The van der Waals surface area contributed by atoms with Gasteiger partial charge in [-0.1, -0.05) is 0 Å². The Hall–Kier alpha value is -1.69. The number of anilines is 1. The van der Waals surface area contributed by atoms with E-state index in [0.717, 1.165) is 62.8 Å². The number of nitrogens with zero attached hydrogens (tertiary/aromatic N) is 4. The number of ether oxygens (including phenoxy) is 1. The fourth-order valence-electron chi connectivity index (χ4n) is 4.27. The van der Waals surface area contributed by atoms with Gasteiger partial charge in [0, 0.05) is 63.1 Å². The van der Waals surface area contributed by atoms with Crippen LogP contribution in [0.3, 0.4) is 0 Å².